The van der Waals surface area contributed by atoms with E-state index in [4.69, 9.17) is 17.3 Å². The van der Waals surface area contributed by atoms with Crippen LogP contribution < -0.4 is 11.1 Å². The molecule has 1 amide bonds. The largest absolute Gasteiger partial charge is 0.384 e. The van der Waals surface area contributed by atoms with Gasteiger partial charge in [0.05, 0.1) is 10.7 Å². The van der Waals surface area contributed by atoms with Gasteiger partial charge >= 0.3 is 0 Å². The molecule has 0 saturated carbocycles. The van der Waals surface area contributed by atoms with Crippen LogP contribution >= 0.6 is 11.6 Å². The van der Waals surface area contributed by atoms with Gasteiger partial charge in [-0.3, -0.25) is 4.79 Å². The maximum absolute atomic E-state index is 11.0. The van der Waals surface area contributed by atoms with Gasteiger partial charge < -0.3 is 11.1 Å². The summed E-state index contributed by atoms with van der Waals surface area (Å²) in [6.45, 7) is 5.14. The van der Waals surface area contributed by atoms with Crippen LogP contribution in [-0.2, 0) is 0 Å². The van der Waals surface area contributed by atoms with Crippen LogP contribution in [0.4, 0.5) is 5.69 Å². The van der Waals surface area contributed by atoms with Crippen molar-refractivity contribution in [3.63, 3.8) is 0 Å². The number of carbonyl (C=O) groups excluding carboxylic acids is 1. The Hall–Kier alpha value is -1.22. The average Bonchev–Trinajstić information content (AvgIpc) is 2.20. The third kappa shape index (κ3) is 3.74. The Morgan fingerprint density at radius 1 is 1.50 bits per heavy atom. The molecular formula is C12H17ClN2O. The van der Waals surface area contributed by atoms with Gasteiger partial charge in [0.2, 0.25) is 5.91 Å². The first-order chi connectivity index (χ1) is 7.50. The number of amides is 1. The van der Waals surface area contributed by atoms with Crippen LogP contribution in [-0.4, -0.2) is 12.5 Å². The van der Waals surface area contributed by atoms with Crippen molar-refractivity contribution in [2.45, 2.75) is 20.3 Å². The number of anilines is 1. The molecule has 4 heteroatoms. The van der Waals surface area contributed by atoms with Crippen molar-refractivity contribution in [3.8, 4) is 0 Å². The third-order valence-corrected chi connectivity index (χ3v) is 2.62. The summed E-state index contributed by atoms with van der Waals surface area (Å²) in [7, 11) is 0. The zero-order valence-electron chi connectivity index (χ0n) is 9.59. The van der Waals surface area contributed by atoms with Gasteiger partial charge in [-0.25, -0.2) is 0 Å². The lowest BCUT2D eigenvalue weighted by molar-refractivity contribution is 0.100. The van der Waals surface area contributed by atoms with E-state index in [2.05, 4.69) is 19.2 Å². The van der Waals surface area contributed by atoms with Crippen molar-refractivity contribution in [3.05, 3.63) is 28.8 Å². The van der Waals surface area contributed by atoms with Crippen LogP contribution in [0.5, 0.6) is 0 Å². The lowest BCUT2D eigenvalue weighted by atomic mass is 10.1. The fourth-order valence-electron chi connectivity index (χ4n) is 1.31. The first-order valence-corrected chi connectivity index (χ1v) is 5.71. The quantitative estimate of drug-likeness (QED) is 0.832. The van der Waals surface area contributed by atoms with Crippen LogP contribution in [0.1, 0.15) is 30.6 Å². The molecule has 1 rings (SSSR count). The number of primary amides is 1. The summed E-state index contributed by atoms with van der Waals surface area (Å²) in [5, 5.41) is 3.81. The Kier molecular flexibility index (Phi) is 4.62. The highest BCUT2D eigenvalue weighted by molar-refractivity contribution is 6.33. The number of halogens is 1. The molecule has 16 heavy (non-hydrogen) atoms. The zero-order chi connectivity index (χ0) is 12.1. The standard InChI is InChI=1S/C12H17ClN2O/c1-8(2)5-6-15-11-7-9(12(14)16)3-4-10(11)13/h3-4,7-8,15H,5-6H2,1-2H3,(H2,14,16). The second-order valence-electron chi connectivity index (χ2n) is 4.17. The zero-order valence-corrected chi connectivity index (χ0v) is 10.3. The number of carbonyl (C=O) groups is 1. The molecule has 0 aliphatic carbocycles. The van der Waals surface area contributed by atoms with Gasteiger partial charge in [-0.15, -0.1) is 0 Å². The SMILES string of the molecule is CC(C)CCNc1cc(C(N)=O)ccc1Cl. The van der Waals surface area contributed by atoms with Crippen molar-refractivity contribution in [2.24, 2.45) is 11.7 Å². The van der Waals surface area contributed by atoms with Crippen molar-refractivity contribution < 1.29 is 4.79 Å². The maximum atomic E-state index is 11.0. The van der Waals surface area contributed by atoms with Gasteiger partial charge in [-0.2, -0.15) is 0 Å². The Bertz CT molecular complexity index is 377. The lowest BCUT2D eigenvalue weighted by Crippen LogP contribution is -2.12. The van der Waals surface area contributed by atoms with E-state index in [1.165, 1.54) is 0 Å². The highest BCUT2D eigenvalue weighted by Gasteiger charge is 2.05. The Morgan fingerprint density at radius 3 is 2.75 bits per heavy atom. The van der Waals surface area contributed by atoms with E-state index in [-0.39, 0.29) is 0 Å². The van der Waals surface area contributed by atoms with Gasteiger partial charge in [0.1, 0.15) is 0 Å². The Labute approximate surface area is 101 Å². The summed E-state index contributed by atoms with van der Waals surface area (Å²) in [6.07, 6.45) is 1.05. The van der Waals surface area contributed by atoms with E-state index in [9.17, 15) is 4.79 Å². The van der Waals surface area contributed by atoms with E-state index in [1.54, 1.807) is 18.2 Å². The maximum Gasteiger partial charge on any atom is 0.248 e. The van der Waals surface area contributed by atoms with E-state index in [0.717, 1.165) is 18.7 Å². The fraction of sp³-hybridized carbons (Fsp3) is 0.417. The molecule has 3 nitrogen and oxygen atoms in total. The molecule has 0 radical (unpaired) electrons. The minimum absolute atomic E-state index is 0.441. The van der Waals surface area contributed by atoms with Crippen molar-refractivity contribution >= 4 is 23.2 Å². The number of nitrogens with one attached hydrogen (secondary N) is 1. The van der Waals surface area contributed by atoms with Gasteiger partial charge in [0, 0.05) is 12.1 Å². The number of nitrogens with two attached hydrogens (primary N) is 1. The lowest BCUT2D eigenvalue weighted by Gasteiger charge is -2.10. The number of rotatable bonds is 5. The van der Waals surface area contributed by atoms with Crippen LogP contribution in [0.25, 0.3) is 0 Å². The first kappa shape index (κ1) is 12.8. The minimum atomic E-state index is -0.441. The fourth-order valence-corrected chi connectivity index (χ4v) is 1.49. The molecule has 0 bridgehead atoms. The average molecular weight is 241 g/mol. The minimum Gasteiger partial charge on any atom is -0.384 e. The topological polar surface area (TPSA) is 55.1 Å². The summed E-state index contributed by atoms with van der Waals surface area (Å²) in [5.41, 5.74) is 6.43. The molecule has 0 aliphatic rings. The second kappa shape index (κ2) is 5.75. The van der Waals surface area contributed by atoms with Gasteiger partial charge in [0.25, 0.3) is 0 Å². The summed E-state index contributed by atoms with van der Waals surface area (Å²) in [5.74, 6) is 0.189. The molecule has 0 unspecified atom stereocenters. The number of benzene rings is 1. The van der Waals surface area contributed by atoms with E-state index >= 15 is 0 Å². The Balaban J connectivity index is 2.70. The predicted molar refractivity (Wildman–Crippen MR) is 67.9 cm³/mol. The van der Waals surface area contributed by atoms with Gasteiger partial charge in [-0.05, 0) is 30.5 Å². The van der Waals surface area contributed by atoms with Crippen molar-refractivity contribution in [2.75, 3.05) is 11.9 Å². The number of hydrogen-bond donors (Lipinski definition) is 2. The predicted octanol–water partition coefficient (Wildman–Crippen LogP) is 2.90. The Morgan fingerprint density at radius 2 is 2.19 bits per heavy atom. The van der Waals surface area contributed by atoms with Crippen molar-refractivity contribution in [1.29, 1.82) is 0 Å². The molecule has 0 aromatic heterocycles. The summed E-state index contributed by atoms with van der Waals surface area (Å²) >= 11 is 6.00. The van der Waals surface area contributed by atoms with E-state index < -0.39 is 5.91 Å². The van der Waals surface area contributed by atoms with Crippen LogP contribution in [0.15, 0.2) is 18.2 Å². The molecule has 0 fully saturated rings. The molecule has 0 aliphatic heterocycles. The summed E-state index contributed by atoms with van der Waals surface area (Å²) in [6, 6.07) is 4.99. The smallest absolute Gasteiger partial charge is 0.248 e. The monoisotopic (exact) mass is 240 g/mol. The second-order valence-corrected chi connectivity index (χ2v) is 4.58. The molecule has 0 spiro atoms. The van der Waals surface area contributed by atoms with Crippen LogP contribution in [0, 0.1) is 5.92 Å². The van der Waals surface area contributed by atoms with Gasteiger partial charge in [-0.1, -0.05) is 25.4 Å². The summed E-state index contributed by atoms with van der Waals surface area (Å²) < 4.78 is 0. The van der Waals surface area contributed by atoms with Crippen molar-refractivity contribution in [1.82, 2.24) is 0 Å². The number of hydrogen-bond acceptors (Lipinski definition) is 2. The highest BCUT2D eigenvalue weighted by atomic mass is 35.5. The van der Waals surface area contributed by atoms with E-state index in [1.807, 2.05) is 0 Å². The first-order valence-electron chi connectivity index (χ1n) is 5.34. The molecule has 0 heterocycles. The molecule has 88 valence electrons. The van der Waals surface area contributed by atoms with E-state index in [0.29, 0.717) is 16.5 Å². The van der Waals surface area contributed by atoms with Gasteiger partial charge in [0.15, 0.2) is 0 Å². The van der Waals surface area contributed by atoms with Crippen LogP contribution in [0.2, 0.25) is 5.02 Å². The molecule has 0 saturated heterocycles. The molecule has 1 aromatic carbocycles. The normalized spacial score (nSPS) is 10.5. The van der Waals surface area contributed by atoms with Crippen LogP contribution in [0.3, 0.4) is 0 Å². The molecule has 0 atom stereocenters. The highest BCUT2D eigenvalue weighted by Crippen LogP contribution is 2.23. The molecular weight excluding hydrogens is 224 g/mol. The molecule has 1 aromatic rings. The molecule has 3 N–H and O–H groups in total. The summed E-state index contributed by atoms with van der Waals surface area (Å²) in [4.78, 5) is 11.0. The third-order valence-electron chi connectivity index (χ3n) is 2.29.